The van der Waals surface area contributed by atoms with E-state index < -0.39 is 42.3 Å². The average molecular weight is 415 g/mol. The molecule has 0 aromatic carbocycles. The van der Waals surface area contributed by atoms with Gasteiger partial charge in [0.15, 0.2) is 11.9 Å². The van der Waals surface area contributed by atoms with Crippen molar-refractivity contribution in [2.75, 3.05) is 6.61 Å². The highest BCUT2D eigenvalue weighted by atomic mass is 16.6. The normalized spacial score (nSPS) is 17.4. The van der Waals surface area contributed by atoms with Crippen LogP contribution >= 0.6 is 0 Å². The van der Waals surface area contributed by atoms with E-state index in [2.05, 4.69) is 11.7 Å². The Morgan fingerprint density at radius 2 is 1.41 bits per heavy atom. The van der Waals surface area contributed by atoms with E-state index in [4.69, 9.17) is 4.74 Å². The predicted octanol–water partition coefficient (Wildman–Crippen LogP) is 4.62. The Morgan fingerprint density at radius 3 is 1.86 bits per heavy atom. The standard InChI is InChI=1S/C22H38O7/c1-2-3-4-5-6-7-8-9-10-11-12-13-14-15-18(24)28-16-17(23)21-19(25)20(26)22(27)29-21/h17,21,23,25-26H,2-16H2,1H3/t17-,21-/m0/s1. The molecule has 2 atom stereocenters. The number of rotatable bonds is 17. The minimum Gasteiger partial charge on any atom is -0.505 e. The van der Waals surface area contributed by atoms with Gasteiger partial charge in [0.1, 0.15) is 12.7 Å². The van der Waals surface area contributed by atoms with Gasteiger partial charge in [0.2, 0.25) is 5.76 Å². The maximum Gasteiger partial charge on any atom is 0.377 e. The molecule has 0 bridgehead atoms. The van der Waals surface area contributed by atoms with E-state index >= 15 is 0 Å². The quantitative estimate of drug-likeness (QED) is 0.235. The van der Waals surface area contributed by atoms with E-state index in [0.717, 1.165) is 19.3 Å². The molecule has 0 radical (unpaired) electrons. The van der Waals surface area contributed by atoms with Crippen LogP contribution in [-0.2, 0) is 19.1 Å². The summed E-state index contributed by atoms with van der Waals surface area (Å²) in [4.78, 5) is 22.8. The van der Waals surface area contributed by atoms with Gasteiger partial charge in [-0.2, -0.15) is 0 Å². The minimum absolute atomic E-state index is 0.266. The molecule has 0 aliphatic carbocycles. The molecule has 0 fully saturated rings. The highest BCUT2D eigenvalue weighted by molar-refractivity contribution is 5.89. The Kier molecular flexibility index (Phi) is 13.2. The lowest BCUT2D eigenvalue weighted by atomic mass is 10.0. The molecule has 0 saturated heterocycles. The number of aliphatic hydroxyl groups excluding tert-OH is 3. The van der Waals surface area contributed by atoms with Gasteiger partial charge < -0.3 is 24.8 Å². The van der Waals surface area contributed by atoms with E-state index in [1.807, 2.05) is 0 Å². The molecule has 7 heteroatoms. The number of ether oxygens (including phenoxy) is 2. The molecule has 1 rings (SSSR count). The van der Waals surface area contributed by atoms with Gasteiger partial charge in [-0.25, -0.2) is 4.79 Å². The molecule has 0 unspecified atom stereocenters. The summed E-state index contributed by atoms with van der Waals surface area (Å²) in [6.45, 7) is 1.83. The van der Waals surface area contributed by atoms with Gasteiger partial charge in [0.25, 0.3) is 0 Å². The van der Waals surface area contributed by atoms with E-state index in [9.17, 15) is 24.9 Å². The monoisotopic (exact) mass is 414 g/mol. The van der Waals surface area contributed by atoms with Crippen molar-refractivity contribution in [3.63, 3.8) is 0 Å². The first-order chi connectivity index (χ1) is 14.0. The summed E-state index contributed by atoms with van der Waals surface area (Å²) in [5.41, 5.74) is 0. The van der Waals surface area contributed by atoms with E-state index in [-0.39, 0.29) is 6.42 Å². The van der Waals surface area contributed by atoms with Crippen LogP contribution in [0.4, 0.5) is 0 Å². The summed E-state index contributed by atoms with van der Waals surface area (Å²) in [7, 11) is 0. The van der Waals surface area contributed by atoms with Crippen molar-refractivity contribution in [3.05, 3.63) is 11.5 Å². The molecular weight excluding hydrogens is 376 g/mol. The Balaban J connectivity index is 1.93. The summed E-state index contributed by atoms with van der Waals surface area (Å²) in [6, 6.07) is 0. The molecular formula is C22H38O7. The molecule has 3 N–H and O–H groups in total. The number of hydrogen-bond acceptors (Lipinski definition) is 7. The first kappa shape index (κ1) is 25.3. The fourth-order valence-corrected chi connectivity index (χ4v) is 3.35. The van der Waals surface area contributed by atoms with Crippen LogP contribution in [0.1, 0.15) is 96.8 Å². The van der Waals surface area contributed by atoms with Crippen molar-refractivity contribution in [2.24, 2.45) is 0 Å². The van der Waals surface area contributed by atoms with Crippen LogP contribution in [0.15, 0.2) is 11.5 Å². The van der Waals surface area contributed by atoms with Gasteiger partial charge in [0.05, 0.1) is 0 Å². The van der Waals surface area contributed by atoms with Gasteiger partial charge in [-0.1, -0.05) is 84.0 Å². The fourth-order valence-electron chi connectivity index (χ4n) is 3.35. The van der Waals surface area contributed by atoms with Crippen LogP contribution in [0.3, 0.4) is 0 Å². The summed E-state index contributed by atoms with van der Waals surface area (Å²) in [6.07, 6.45) is 13.4. The predicted molar refractivity (Wildman–Crippen MR) is 109 cm³/mol. The van der Waals surface area contributed by atoms with Crippen LogP contribution in [0.2, 0.25) is 0 Å². The molecule has 1 aliphatic rings. The molecule has 1 heterocycles. The van der Waals surface area contributed by atoms with Gasteiger partial charge in [-0.15, -0.1) is 0 Å². The third-order valence-electron chi connectivity index (χ3n) is 5.19. The number of cyclic esters (lactones) is 1. The van der Waals surface area contributed by atoms with Crippen LogP contribution in [-0.4, -0.2) is 46.1 Å². The van der Waals surface area contributed by atoms with Crippen LogP contribution < -0.4 is 0 Å². The fraction of sp³-hybridized carbons (Fsp3) is 0.818. The maximum atomic E-state index is 11.7. The van der Waals surface area contributed by atoms with Crippen LogP contribution in [0, 0.1) is 0 Å². The lowest BCUT2D eigenvalue weighted by Crippen LogP contribution is -2.33. The first-order valence-electron chi connectivity index (χ1n) is 11.1. The smallest absolute Gasteiger partial charge is 0.377 e. The number of aliphatic hydroxyl groups is 3. The van der Waals surface area contributed by atoms with Crippen molar-refractivity contribution < 1.29 is 34.4 Å². The summed E-state index contributed by atoms with van der Waals surface area (Å²) < 4.78 is 9.55. The number of hydrogen-bond donors (Lipinski definition) is 3. The topological polar surface area (TPSA) is 113 Å². The highest BCUT2D eigenvalue weighted by Gasteiger charge is 2.39. The average Bonchev–Trinajstić information content (AvgIpc) is 2.97. The van der Waals surface area contributed by atoms with Crippen molar-refractivity contribution in [3.8, 4) is 0 Å². The summed E-state index contributed by atoms with van der Waals surface area (Å²) >= 11 is 0. The van der Waals surface area contributed by atoms with Crippen molar-refractivity contribution >= 4 is 11.9 Å². The Bertz CT molecular complexity index is 515. The zero-order valence-corrected chi connectivity index (χ0v) is 17.7. The van der Waals surface area contributed by atoms with Crippen LogP contribution in [0.25, 0.3) is 0 Å². The lowest BCUT2D eigenvalue weighted by molar-refractivity contribution is -0.154. The molecule has 29 heavy (non-hydrogen) atoms. The Morgan fingerprint density at radius 1 is 0.931 bits per heavy atom. The van der Waals surface area contributed by atoms with Gasteiger partial charge in [-0.3, -0.25) is 4.79 Å². The zero-order valence-electron chi connectivity index (χ0n) is 17.7. The van der Waals surface area contributed by atoms with Gasteiger partial charge in [0, 0.05) is 6.42 Å². The van der Waals surface area contributed by atoms with Crippen molar-refractivity contribution in [1.29, 1.82) is 0 Å². The van der Waals surface area contributed by atoms with Crippen molar-refractivity contribution in [2.45, 2.75) is 109 Å². The Hall–Kier alpha value is -1.76. The number of unbranched alkanes of at least 4 members (excludes halogenated alkanes) is 12. The van der Waals surface area contributed by atoms with E-state index in [0.29, 0.717) is 0 Å². The molecule has 0 saturated carbocycles. The van der Waals surface area contributed by atoms with Crippen molar-refractivity contribution in [1.82, 2.24) is 0 Å². The van der Waals surface area contributed by atoms with E-state index in [1.54, 1.807) is 0 Å². The minimum atomic E-state index is -1.42. The molecule has 0 aromatic rings. The SMILES string of the molecule is CCCCCCCCCCCCCCCC(=O)OC[C@H](O)[C@@H]1OC(=O)C(O)=C1O. The second-order valence-corrected chi connectivity index (χ2v) is 7.80. The number of esters is 2. The summed E-state index contributed by atoms with van der Waals surface area (Å²) in [5.74, 6) is -3.21. The highest BCUT2D eigenvalue weighted by Crippen LogP contribution is 2.21. The van der Waals surface area contributed by atoms with Gasteiger partial charge in [-0.05, 0) is 6.42 Å². The lowest BCUT2D eigenvalue weighted by Gasteiger charge is -2.17. The molecule has 0 spiro atoms. The molecule has 1 aliphatic heterocycles. The largest absolute Gasteiger partial charge is 0.505 e. The molecule has 0 aromatic heterocycles. The first-order valence-corrected chi connectivity index (χ1v) is 11.1. The summed E-state index contributed by atoms with van der Waals surface area (Å²) in [5, 5.41) is 28.5. The van der Waals surface area contributed by atoms with Gasteiger partial charge >= 0.3 is 11.9 Å². The number of carbonyl (C=O) groups is 2. The third-order valence-corrected chi connectivity index (χ3v) is 5.19. The van der Waals surface area contributed by atoms with E-state index in [1.165, 1.54) is 64.2 Å². The number of carbonyl (C=O) groups excluding carboxylic acids is 2. The zero-order chi connectivity index (χ0) is 21.5. The maximum absolute atomic E-state index is 11.7. The molecule has 7 nitrogen and oxygen atoms in total. The third kappa shape index (κ3) is 10.5. The second kappa shape index (κ2) is 15.1. The molecule has 0 amide bonds. The van der Waals surface area contributed by atoms with Crippen LogP contribution in [0.5, 0.6) is 0 Å². The Labute approximate surface area is 174 Å². The molecule has 168 valence electrons. The second-order valence-electron chi connectivity index (χ2n) is 7.80.